The maximum Gasteiger partial charge on any atom is 0.446 e. The van der Waals surface area contributed by atoms with Crippen LogP contribution < -0.4 is 16.7 Å². The van der Waals surface area contributed by atoms with Gasteiger partial charge in [-0.15, -0.1) is 0 Å². The molecule has 4 aromatic rings. The van der Waals surface area contributed by atoms with Gasteiger partial charge in [0.25, 0.3) is 0 Å². The number of benzene rings is 4. The molecule has 0 unspecified atom stereocenters. The van der Waals surface area contributed by atoms with Crippen LogP contribution in [0, 0.1) is 0 Å². The number of hydrogen-bond acceptors (Lipinski definition) is 16. The molecule has 0 saturated carbocycles. The van der Waals surface area contributed by atoms with Gasteiger partial charge >= 0.3 is 65.5 Å². The van der Waals surface area contributed by atoms with E-state index in [0.717, 1.165) is 48.5 Å². The number of carboxylic acid groups (broad SMARTS) is 4. The second-order valence-electron chi connectivity index (χ2n) is 9.25. The number of carbonyl (C=O) groups is 4. The largest absolute Gasteiger partial charge is 0.478 e. The van der Waals surface area contributed by atoms with Crippen molar-refractivity contribution in [3.8, 4) is 23.0 Å². The summed E-state index contributed by atoms with van der Waals surface area (Å²) in [5.41, 5.74) is -1.37. The van der Waals surface area contributed by atoms with Crippen LogP contribution in [0.15, 0.2) is 97.1 Å². The SMILES string of the molecule is O=C(O)c1ccccc1OS(=O)(=O)O.O=C(O)c1ccccc1OS(=O)(=O)O.O=C(O)c1ccccc1OS(=O)(=O)O.O=C(O)c1ccccc1OS(=O)(=O)O.[Cu].[Ni]. The van der Waals surface area contributed by atoms with Gasteiger partial charge in [0, 0.05) is 33.6 Å². The Balaban J connectivity index is 0. The van der Waals surface area contributed by atoms with Crippen LogP contribution in [0.25, 0.3) is 0 Å². The summed E-state index contributed by atoms with van der Waals surface area (Å²) >= 11 is 0. The number of rotatable bonds is 12. The predicted molar refractivity (Wildman–Crippen MR) is 182 cm³/mol. The Morgan fingerprint density at radius 3 is 0.603 bits per heavy atom. The van der Waals surface area contributed by atoms with E-state index in [9.17, 15) is 52.8 Å². The molecule has 0 spiro atoms. The normalized spacial score (nSPS) is 10.6. The Hall–Kier alpha value is -5.39. The smallest absolute Gasteiger partial charge is 0.446 e. The van der Waals surface area contributed by atoms with Crippen molar-refractivity contribution < 1.29 is 142 Å². The van der Waals surface area contributed by atoms with Gasteiger partial charge in [0.15, 0.2) is 23.0 Å². The molecule has 0 aliphatic heterocycles. The van der Waals surface area contributed by atoms with Crippen molar-refractivity contribution in [2.75, 3.05) is 0 Å². The van der Waals surface area contributed by atoms with E-state index in [1.54, 1.807) is 0 Å². The molecule has 0 fully saturated rings. The molecule has 4 rings (SSSR count). The molecule has 4 aromatic carbocycles. The first-order chi connectivity index (χ1) is 25.6. The van der Waals surface area contributed by atoms with Crippen LogP contribution in [0.3, 0.4) is 0 Å². The van der Waals surface area contributed by atoms with Gasteiger partial charge in [-0.1, -0.05) is 48.5 Å². The third-order valence-corrected chi connectivity index (χ3v) is 6.81. The van der Waals surface area contributed by atoms with Crippen LogP contribution in [-0.2, 0) is 75.2 Å². The van der Waals surface area contributed by atoms with Crippen LogP contribution in [0.2, 0.25) is 0 Å². The molecule has 0 aliphatic rings. The van der Waals surface area contributed by atoms with Crippen molar-refractivity contribution in [2.45, 2.75) is 0 Å². The molecule has 0 saturated heterocycles. The second-order valence-corrected chi connectivity index (χ2v) is 13.3. The molecule has 1 radical (unpaired) electrons. The van der Waals surface area contributed by atoms with E-state index in [1.807, 2.05) is 0 Å². The zero-order valence-electron chi connectivity index (χ0n) is 27.6. The Morgan fingerprint density at radius 1 is 0.345 bits per heavy atom. The quantitative estimate of drug-likeness (QED) is 0.0745. The van der Waals surface area contributed by atoms with Crippen molar-refractivity contribution in [3.63, 3.8) is 0 Å². The van der Waals surface area contributed by atoms with E-state index in [0.29, 0.717) is 0 Å². The molecule has 0 amide bonds. The first-order valence-corrected chi connectivity index (χ1v) is 19.0. The molecule has 8 N–H and O–H groups in total. The predicted octanol–water partition coefficient (Wildman–Crippen LogP) is 2.26. The fourth-order valence-corrected chi connectivity index (χ4v) is 4.81. The zero-order valence-corrected chi connectivity index (χ0v) is 32.8. The minimum atomic E-state index is -4.70. The molecule has 0 heterocycles. The van der Waals surface area contributed by atoms with Crippen LogP contribution in [-0.4, -0.2) is 96.2 Å². The van der Waals surface area contributed by atoms with Crippen LogP contribution in [0.4, 0.5) is 0 Å². The van der Waals surface area contributed by atoms with Crippen molar-refractivity contribution in [2.24, 2.45) is 0 Å². The molecule has 0 atom stereocenters. The van der Waals surface area contributed by atoms with Gasteiger partial charge in [-0.25, -0.2) is 19.2 Å². The summed E-state index contributed by atoms with van der Waals surface area (Å²) in [6, 6.07) is 20.3. The van der Waals surface area contributed by atoms with E-state index in [-0.39, 0.29) is 55.8 Å². The Morgan fingerprint density at radius 2 is 0.483 bits per heavy atom. The van der Waals surface area contributed by atoms with Crippen molar-refractivity contribution in [3.05, 3.63) is 119 Å². The topological polar surface area (TPSA) is 404 Å². The fraction of sp³-hybridized carbons (Fsp3) is 0. The molecule has 30 heteroatoms. The maximum absolute atomic E-state index is 10.6. The third-order valence-electron chi connectivity index (χ3n) is 5.25. The van der Waals surface area contributed by atoms with E-state index in [4.69, 9.17) is 38.6 Å². The van der Waals surface area contributed by atoms with Crippen molar-refractivity contribution in [1.29, 1.82) is 0 Å². The van der Waals surface area contributed by atoms with Gasteiger partial charge in [0.2, 0.25) is 0 Å². The number of hydrogen-bond donors (Lipinski definition) is 8. The van der Waals surface area contributed by atoms with Gasteiger partial charge < -0.3 is 37.2 Å². The molecule has 0 aliphatic carbocycles. The van der Waals surface area contributed by atoms with E-state index in [2.05, 4.69) is 16.7 Å². The van der Waals surface area contributed by atoms with E-state index in [1.165, 1.54) is 48.5 Å². The Labute approximate surface area is 347 Å². The van der Waals surface area contributed by atoms with Crippen LogP contribution in [0.1, 0.15) is 41.4 Å². The van der Waals surface area contributed by atoms with Gasteiger partial charge in [-0.05, 0) is 48.5 Å². The first kappa shape index (κ1) is 54.7. The summed E-state index contributed by atoms with van der Waals surface area (Å²) in [6.07, 6.45) is 0. The molecule has 0 bridgehead atoms. The summed E-state index contributed by atoms with van der Waals surface area (Å²) < 4.78 is 132. The molecular formula is C28H24CuNiO24S4. The number of para-hydroxylation sites is 4. The van der Waals surface area contributed by atoms with Crippen LogP contribution >= 0.6 is 0 Å². The minimum Gasteiger partial charge on any atom is -0.478 e. The standard InChI is InChI=1S/4C7H6O6S.Cu.Ni/c4*8-7(9)5-3-1-2-4-6(5)13-14(10,11)12;;/h4*1-4H,(H,8,9)(H,10,11,12);;. The fourth-order valence-electron chi connectivity index (χ4n) is 3.32. The van der Waals surface area contributed by atoms with Gasteiger partial charge in [0.1, 0.15) is 22.3 Å². The molecule has 24 nitrogen and oxygen atoms in total. The van der Waals surface area contributed by atoms with Crippen LogP contribution in [0.5, 0.6) is 23.0 Å². The third kappa shape index (κ3) is 22.4. The van der Waals surface area contributed by atoms with Gasteiger partial charge in [-0.3, -0.25) is 18.2 Å². The van der Waals surface area contributed by atoms with Crippen molar-refractivity contribution in [1.82, 2.24) is 0 Å². The first-order valence-electron chi connectivity index (χ1n) is 13.6. The Kier molecular flexibility index (Phi) is 22.4. The average Bonchev–Trinajstić information content (AvgIpc) is 3.03. The van der Waals surface area contributed by atoms with Gasteiger partial charge in [-0.2, -0.15) is 33.7 Å². The maximum atomic E-state index is 10.6. The minimum absolute atomic E-state index is 0. The molecular weight excluding hydrogens is 971 g/mol. The summed E-state index contributed by atoms with van der Waals surface area (Å²) in [7, 11) is -18.8. The zero-order chi connectivity index (χ0) is 43.1. The molecule has 58 heavy (non-hydrogen) atoms. The monoisotopic (exact) mass is 993 g/mol. The second kappa shape index (κ2) is 23.7. The summed E-state index contributed by atoms with van der Waals surface area (Å²) in [6.45, 7) is 0. The van der Waals surface area contributed by atoms with Crippen molar-refractivity contribution >= 4 is 65.5 Å². The number of carboxylic acids is 4. The Bertz CT molecular complexity index is 2160. The summed E-state index contributed by atoms with van der Waals surface area (Å²) in [4.78, 5) is 42.2. The van der Waals surface area contributed by atoms with E-state index < -0.39 is 88.5 Å². The molecule has 0 aromatic heterocycles. The summed E-state index contributed by atoms with van der Waals surface area (Å²) in [5.74, 6) is -7.09. The molecule has 325 valence electrons. The number of aromatic carboxylic acids is 4. The summed E-state index contributed by atoms with van der Waals surface area (Å²) in [5, 5.41) is 34.4. The van der Waals surface area contributed by atoms with E-state index >= 15 is 0 Å². The van der Waals surface area contributed by atoms with Gasteiger partial charge in [0.05, 0.1) is 0 Å². The average molecular weight is 995 g/mol.